The second-order valence-electron chi connectivity index (χ2n) is 3.79. The zero-order valence-electron chi connectivity index (χ0n) is 8.74. The van der Waals surface area contributed by atoms with E-state index in [4.69, 9.17) is 16.9 Å². The molecule has 82 valence electrons. The highest BCUT2D eigenvalue weighted by Gasteiger charge is 2.19. The van der Waals surface area contributed by atoms with E-state index in [1.165, 1.54) is 5.56 Å². The quantitative estimate of drug-likeness (QED) is 0.694. The molecule has 0 saturated heterocycles. The van der Waals surface area contributed by atoms with Gasteiger partial charge in [0.15, 0.2) is 0 Å². The van der Waals surface area contributed by atoms with Crippen molar-refractivity contribution in [3.8, 4) is 6.07 Å². The number of rotatable bonds is 1. The summed E-state index contributed by atoms with van der Waals surface area (Å²) in [5, 5.41) is 8.81. The van der Waals surface area contributed by atoms with E-state index in [0.29, 0.717) is 18.7 Å². The van der Waals surface area contributed by atoms with Gasteiger partial charge in [0, 0.05) is 13.1 Å². The Morgan fingerprint density at radius 1 is 1.50 bits per heavy atom. The summed E-state index contributed by atoms with van der Waals surface area (Å²) in [6.07, 6.45) is 0.837. The topological polar surface area (TPSA) is 44.1 Å². The minimum absolute atomic E-state index is 0.0211. The van der Waals surface area contributed by atoms with Crippen molar-refractivity contribution >= 4 is 17.5 Å². The van der Waals surface area contributed by atoms with Crippen molar-refractivity contribution in [2.45, 2.75) is 13.0 Å². The first kappa shape index (κ1) is 11.0. The Bertz CT molecular complexity index is 465. The van der Waals surface area contributed by atoms with Crippen LogP contribution in [0, 0.1) is 11.3 Å². The monoisotopic (exact) mass is 234 g/mol. The molecule has 0 unspecified atom stereocenters. The summed E-state index contributed by atoms with van der Waals surface area (Å²) in [5.41, 5.74) is 2.92. The Labute approximate surface area is 99.2 Å². The van der Waals surface area contributed by atoms with Gasteiger partial charge in [0.25, 0.3) is 0 Å². The lowest BCUT2D eigenvalue weighted by Crippen LogP contribution is -2.36. The van der Waals surface area contributed by atoms with E-state index >= 15 is 0 Å². The molecule has 0 bridgehead atoms. The van der Waals surface area contributed by atoms with Gasteiger partial charge in [-0.1, -0.05) is 6.07 Å². The van der Waals surface area contributed by atoms with Crippen molar-refractivity contribution in [1.82, 2.24) is 4.90 Å². The van der Waals surface area contributed by atoms with E-state index in [1.54, 1.807) is 4.90 Å². The lowest BCUT2D eigenvalue weighted by molar-refractivity contribution is -0.129. The Kier molecular flexibility index (Phi) is 3.12. The number of carbonyl (C=O) groups is 1. The largest absolute Gasteiger partial charge is 0.337 e. The summed E-state index contributed by atoms with van der Waals surface area (Å²) in [7, 11) is 0. The van der Waals surface area contributed by atoms with Crippen LogP contribution in [0.25, 0.3) is 0 Å². The number of benzene rings is 1. The molecule has 1 amide bonds. The van der Waals surface area contributed by atoms with Crippen molar-refractivity contribution in [3.05, 3.63) is 34.9 Å². The van der Waals surface area contributed by atoms with Gasteiger partial charge in [0.2, 0.25) is 5.91 Å². The van der Waals surface area contributed by atoms with Crippen molar-refractivity contribution < 1.29 is 4.79 Å². The van der Waals surface area contributed by atoms with Crippen molar-refractivity contribution in [2.24, 2.45) is 0 Å². The normalized spacial score (nSPS) is 14.1. The maximum Gasteiger partial charge on any atom is 0.237 e. The molecular formula is C12H11ClN2O. The number of hydrogen-bond donors (Lipinski definition) is 0. The molecule has 1 aromatic carbocycles. The van der Waals surface area contributed by atoms with E-state index < -0.39 is 0 Å². The van der Waals surface area contributed by atoms with Crippen molar-refractivity contribution in [3.63, 3.8) is 0 Å². The molecular weight excluding hydrogens is 224 g/mol. The molecule has 0 atom stereocenters. The van der Waals surface area contributed by atoms with Crippen molar-refractivity contribution in [1.29, 1.82) is 5.26 Å². The van der Waals surface area contributed by atoms with Gasteiger partial charge in [-0.05, 0) is 29.7 Å². The summed E-state index contributed by atoms with van der Waals surface area (Å²) in [5.74, 6) is -0.0255. The Morgan fingerprint density at radius 3 is 3.00 bits per heavy atom. The number of nitrogens with zero attached hydrogens (tertiary/aromatic N) is 2. The minimum atomic E-state index is -0.0466. The van der Waals surface area contributed by atoms with Gasteiger partial charge in [-0.3, -0.25) is 4.79 Å². The lowest BCUT2D eigenvalue weighted by Gasteiger charge is -2.28. The van der Waals surface area contributed by atoms with Crippen LogP contribution in [0.1, 0.15) is 16.7 Å². The van der Waals surface area contributed by atoms with Gasteiger partial charge in [0.1, 0.15) is 5.88 Å². The summed E-state index contributed by atoms with van der Waals surface area (Å²) in [6.45, 7) is 1.28. The minimum Gasteiger partial charge on any atom is -0.337 e. The lowest BCUT2D eigenvalue weighted by atomic mass is 9.98. The predicted octanol–water partition coefficient (Wildman–Crippen LogP) is 1.68. The zero-order chi connectivity index (χ0) is 11.5. The third-order valence-corrected chi connectivity index (χ3v) is 3.04. The molecule has 1 heterocycles. The van der Waals surface area contributed by atoms with Gasteiger partial charge in [-0.15, -0.1) is 11.6 Å². The summed E-state index contributed by atoms with van der Waals surface area (Å²) < 4.78 is 0. The van der Waals surface area contributed by atoms with Crippen LogP contribution in [-0.4, -0.2) is 23.2 Å². The summed E-state index contributed by atoms with van der Waals surface area (Å²) >= 11 is 5.53. The van der Waals surface area contributed by atoms with Gasteiger partial charge in [0.05, 0.1) is 11.6 Å². The molecule has 4 heteroatoms. The summed E-state index contributed by atoms with van der Waals surface area (Å²) in [6, 6.07) is 7.74. The molecule has 16 heavy (non-hydrogen) atoms. The number of amides is 1. The number of carbonyl (C=O) groups excluding carboxylic acids is 1. The Morgan fingerprint density at radius 2 is 2.31 bits per heavy atom. The van der Waals surface area contributed by atoms with E-state index in [-0.39, 0.29) is 11.8 Å². The number of nitriles is 1. The molecule has 1 aromatic rings. The van der Waals surface area contributed by atoms with E-state index in [0.717, 1.165) is 12.0 Å². The average molecular weight is 235 g/mol. The highest BCUT2D eigenvalue weighted by atomic mass is 35.5. The number of hydrogen-bond acceptors (Lipinski definition) is 2. The van der Waals surface area contributed by atoms with Crippen LogP contribution in [0.4, 0.5) is 0 Å². The summed E-state index contributed by atoms with van der Waals surface area (Å²) in [4.78, 5) is 13.2. The van der Waals surface area contributed by atoms with Crippen LogP contribution in [0.3, 0.4) is 0 Å². The van der Waals surface area contributed by atoms with E-state index in [9.17, 15) is 4.79 Å². The molecule has 0 radical (unpaired) electrons. The third-order valence-electron chi connectivity index (χ3n) is 2.81. The van der Waals surface area contributed by atoms with Crippen LogP contribution in [-0.2, 0) is 17.8 Å². The fraction of sp³-hybridized carbons (Fsp3) is 0.333. The smallest absolute Gasteiger partial charge is 0.237 e. The number of halogens is 1. The van der Waals surface area contributed by atoms with Crippen LogP contribution >= 0.6 is 11.6 Å². The fourth-order valence-electron chi connectivity index (χ4n) is 1.92. The second kappa shape index (κ2) is 4.54. The molecule has 0 spiro atoms. The van der Waals surface area contributed by atoms with Crippen LogP contribution in [0.2, 0.25) is 0 Å². The first-order valence-electron chi connectivity index (χ1n) is 5.10. The van der Waals surface area contributed by atoms with Gasteiger partial charge in [-0.2, -0.15) is 5.26 Å². The Hall–Kier alpha value is -1.53. The second-order valence-corrected chi connectivity index (χ2v) is 4.06. The average Bonchev–Trinajstić information content (AvgIpc) is 2.36. The van der Waals surface area contributed by atoms with Gasteiger partial charge in [-0.25, -0.2) is 0 Å². The highest BCUT2D eigenvalue weighted by molar-refractivity contribution is 6.27. The molecule has 1 aliphatic rings. The molecule has 0 N–H and O–H groups in total. The standard InChI is InChI=1S/C12H11ClN2O/c13-6-12(16)15-4-3-10-2-1-9(7-14)5-11(10)8-15/h1-2,5H,3-4,6,8H2. The van der Waals surface area contributed by atoms with Gasteiger partial charge >= 0.3 is 0 Å². The van der Waals surface area contributed by atoms with Crippen molar-refractivity contribution in [2.75, 3.05) is 12.4 Å². The maximum atomic E-state index is 11.5. The highest BCUT2D eigenvalue weighted by Crippen LogP contribution is 2.20. The first-order valence-corrected chi connectivity index (χ1v) is 5.63. The molecule has 0 aliphatic carbocycles. The number of alkyl halides is 1. The van der Waals surface area contributed by atoms with E-state index in [2.05, 4.69) is 6.07 Å². The zero-order valence-corrected chi connectivity index (χ0v) is 9.50. The Balaban J connectivity index is 2.25. The molecule has 3 nitrogen and oxygen atoms in total. The van der Waals surface area contributed by atoms with Crippen LogP contribution in [0.15, 0.2) is 18.2 Å². The van der Waals surface area contributed by atoms with Crippen LogP contribution < -0.4 is 0 Å². The van der Waals surface area contributed by atoms with Crippen LogP contribution in [0.5, 0.6) is 0 Å². The molecule has 0 aromatic heterocycles. The molecule has 0 fully saturated rings. The van der Waals surface area contributed by atoms with Gasteiger partial charge < -0.3 is 4.90 Å². The fourth-order valence-corrected chi connectivity index (χ4v) is 2.09. The van der Waals surface area contributed by atoms with E-state index in [1.807, 2.05) is 18.2 Å². The SMILES string of the molecule is N#Cc1ccc2c(c1)CN(C(=O)CCl)CC2. The molecule has 0 saturated carbocycles. The predicted molar refractivity (Wildman–Crippen MR) is 61.0 cm³/mol. The maximum absolute atomic E-state index is 11.5. The molecule has 2 rings (SSSR count). The first-order chi connectivity index (χ1) is 7.74. The third kappa shape index (κ3) is 2.02. The number of fused-ring (bicyclic) bond motifs is 1. The molecule has 1 aliphatic heterocycles.